The molecule has 1 saturated carbocycles. The molecule has 3 fully saturated rings. The van der Waals surface area contributed by atoms with E-state index in [-0.39, 0.29) is 11.7 Å². The van der Waals surface area contributed by atoms with Crippen molar-refractivity contribution in [1.82, 2.24) is 4.90 Å². The minimum atomic E-state index is -0.506. The van der Waals surface area contributed by atoms with Gasteiger partial charge in [0, 0.05) is 13.0 Å². The number of amides is 1. The maximum atomic E-state index is 13.2. The molecule has 2 saturated heterocycles. The summed E-state index contributed by atoms with van der Waals surface area (Å²) in [7, 11) is 0. The van der Waals surface area contributed by atoms with E-state index < -0.39 is 5.54 Å². The van der Waals surface area contributed by atoms with Gasteiger partial charge in [0.25, 0.3) is 0 Å². The van der Waals surface area contributed by atoms with Crippen LogP contribution in [0.25, 0.3) is 6.08 Å². The summed E-state index contributed by atoms with van der Waals surface area (Å²) in [5.41, 5.74) is 1.49. The third-order valence-corrected chi connectivity index (χ3v) is 5.65. The van der Waals surface area contributed by atoms with Crippen LogP contribution in [0.5, 0.6) is 0 Å². The van der Waals surface area contributed by atoms with E-state index in [9.17, 15) is 9.59 Å². The average molecular weight is 295 g/mol. The predicted octanol–water partition coefficient (Wildman–Crippen LogP) is 3.20. The van der Waals surface area contributed by atoms with Gasteiger partial charge >= 0.3 is 0 Å². The molecule has 114 valence electrons. The Kier molecular flexibility index (Phi) is 3.17. The highest BCUT2D eigenvalue weighted by Gasteiger charge is 2.60. The number of Topliss-reactive ketones (excluding diaryl/α,β-unsaturated/α-hetero) is 1. The lowest BCUT2D eigenvalue weighted by Crippen LogP contribution is -2.52. The molecule has 1 aromatic rings. The summed E-state index contributed by atoms with van der Waals surface area (Å²) in [4.78, 5) is 27.4. The van der Waals surface area contributed by atoms with Crippen LogP contribution in [-0.2, 0) is 9.59 Å². The maximum absolute atomic E-state index is 13.2. The summed E-state index contributed by atoms with van der Waals surface area (Å²) < 4.78 is 0. The van der Waals surface area contributed by atoms with E-state index in [4.69, 9.17) is 0 Å². The van der Waals surface area contributed by atoms with Crippen molar-refractivity contribution in [2.75, 3.05) is 6.54 Å². The van der Waals surface area contributed by atoms with Gasteiger partial charge in [-0.1, -0.05) is 36.8 Å². The number of hydrogen-bond acceptors (Lipinski definition) is 2. The highest BCUT2D eigenvalue weighted by molar-refractivity contribution is 6.11. The van der Waals surface area contributed by atoms with E-state index in [1.807, 2.05) is 41.3 Å². The second-order valence-electron chi connectivity index (χ2n) is 6.78. The van der Waals surface area contributed by atoms with Gasteiger partial charge in [0.2, 0.25) is 5.91 Å². The fourth-order valence-electron chi connectivity index (χ4n) is 4.64. The first kappa shape index (κ1) is 13.7. The van der Waals surface area contributed by atoms with Crippen molar-refractivity contribution < 1.29 is 9.59 Å². The Labute approximate surface area is 131 Å². The van der Waals surface area contributed by atoms with Crippen LogP contribution in [0, 0.1) is 5.92 Å². The van der Waals surface area contributed by atoms with E-state index >= 15 is 0 Å². The van der Waals surface area contributed by atoms with Crippen molar-refractivity contribution in [3.8, 4) is 0 Å². The zero-order valence-electron chi connectivity index (χ0n) is 12.8. The SMILES string of the molecule is O=C1CCC23C(=O)/C(=C/c4ccccc4)C[C@@H]2CCCCN13. The lowest BCUT2D eigenvalue weighted by atomic mass is 9.82. The van der Waals surface area contributed by atoms with Crippen LogP contribution in [-0.4, -0.2) is 28.7 Å². The van der Waals surface area contributed by atoms with Gasteiger partial charge in [-0.3, -0.25) is 9.59 Å². The first-order chi connectivity index (χ1) is 10.7. The molecule has 0 radical (unpaired) electrons. The Morgan fingerprint density at radius 3 is 2.77 bits per heavy atom. The van der Waals surface area contributed by atoms with E-state index in [0.717, 1.165) is 49.8 Å². The van der Waals surface area contributed by atoms with E-state index in [1.54, 1.807) is 0 Å². The summed E-state index contributed by atoms with van der Waals surface area (Å²) in [6.45, 7) is 0.764. The quantitative estimate of drug-likeness (QED) is 0.746. The van der Waals surface area contributed by atoms with Crippen LogP contribution in [0.4, 0.5) is 0 Å². The molecule has 0 bridgehead atoms. The van der Waals surface area contributed by atoms with Gasteiger partial charge in [-0.15, -0.1) is 0 Å². The molecule has 4 rings (SSSR count). The molecule has 1 unspecified atom stereocenters. The number of benzene rings is 1. The van der Waals surface area contributed by atoms with E-state index in [0.29, 0.717) is 12.3 Å². The number of hydrogen-bond donors (Lipinski definition) is 0. The monoisotopic (exact) mass is 295 g/mol. The summed E-state index contributed by atoms with van der Waals surface area (Å²) in [6, 6.07) is 10.0. The Balaban J connectivity index is 1.75. The topological polar surface area (TPSA) is 37.4 Å². The van der Waals surface area contributed by atoms with Gasteiger partial charge in [-0.25, -0.2) is 0 Å². The highest BCUT2D eigenvalue weighted by Crippen LogP contribution is 2.51. The predicted molar refractivity (Wildman–Crippen MR) is 85.1 cm³/mol. The molecule has 2 heterocycles. The van der Waals surface area contributed by atoms with Gasteiger partial charge in [-0.05, 0) is 48.8 Å². The number of carbonyl (C=O) groups is 2. The third kappa shape index (κ3) is 1.88. The van der Waals surface area contributed by atoms with Crippen LogP contribution >= 0.6 is 0 Å². The molecule has 1 aliphatic carbocycles. The van der Waals surface area contributed by atoms with Crippen LogP contribution < -0.4 is 0 Å². The van der Waals surface area contributed by atoms with Crippen LogP contribution in [0.1, 0.15) is 44.1 Å². The zero-order chi connectivity index (χ0) is 15.2. The average Bonchev–Trinajstić information content (AvgIpc) is 2.91. The van der Waals surface area contributed by atoms with Crippen molar-refractivity contribution in [2.45, 2.75) is 44.1 Å². The molecule has 0 N–H and O–H groups in total. The van der Waals surface area contributed by atoms with Gasteiger partial charge in [0.1, 0.15) is 5.54 Å². The number of rotatable bonds is 1. The summed E-state index contributed by atoms with van der Waals surface area (Å²) >= 11 is 0. The molecule has 2 aliphatic heterocycles. The lowest BCUT2D eigenvalue weighted by molar-refractivity contribution is -0.138. The summed E-state index contributed by atoms with van der Waals surface area (Å²) in [5, 5.41) is 0. The van der Waals surface area contributed by atoms with Crippen LogP contribution in [0.15, 0.2) is 35.9 Å². The number of nitrogens with zero attached hydrogens (tertiary/aromatic N) is 1. The van der Waals surface area contributed by atoms with Crippen molar-refractivity contribution in [3.63, 3.8) is 0 Å². The van der Waals surface area contributed by atoms with Gasteiger partial charge in [0.05, 0.1) is 0 Å². The summed E-state index contributed by atoms with van der Waals surface area (Å²) in [5.74, 6) is 0.722. The van der Waals surface area contributed by atoms with E-state index in [1.165, 1.54) is 0 Å². The molecule has 0 aromatic heterocycles. The Bertz CT molecular complexity index is 649. The fourth-order valence-corrected chi connectivity index (χ4v) is 4.64. The first-order valence-corrected chi connectivity index (χ1v) is 8.33. The second kappa shape index (κ2) is 5.08. The smallest absolute Gasteiger partial charge is 0.223 e. The minimum absolute atomic E-state index is 0.182. The molecule has 1 spiro atoms. The molecule has 3 aliphatic rings. The zero-order valence-corrected chi connectivity index (χ0v) is 12.8. The molecular weight excluding hydrogens is 274 g/mol. The minimum Gasteiger partial charge on any atom is -0.329 e. The Hall–Kier alpha value is -1.90. The summed E-state index contributed by atoms with van der Waals surface area (Å²) in [6.07, 6.45) is 7.37. The molecule has 1 aromatic carbocycles. The van der Waals surface area contributed by atoms with Gasteiger partial charge in [0.15, 0.2) is 5.78 Å². The van der Waals surface area contributed by atoms with Gasteiger partial charge < -0.3 is 4.90 Å². The second-order valence-corrected chi connectivity index (χ2v) is 6.78. The maximum Gasteiger partial charge on any atom is 0.223 e. The number of carbonyl (C=O) groups excluding carboxylic acids is 2. The molecular formula is C19H21NO2. The third-order valence-electron chi connectivity index (χ3n) is 5.65. The molecule has 22 heavy (non-hydrogen) atoms. The van der Waals surface area contributed by atoms with Crippen molar-refractivity contribution in [3.05, 3.63) is 41.5 Å². The molecule has 3 nitrogen and oxygen atoms in total. The molecule has 3 heteroatoms. The van der Waals surface area contributed by atoms with E-state index in [2.05, 4.69) is 0 Å². The fraction of sp³-hybridized carbons (Fsp3) is 0.474. The normalized spacial score (nSPS) is 33.0. The van der Waals surface area contributed by atoms with Crippen molar-refractivity contribution >= 4 is 17.8 Å². The molecule has 1 amide bonds. The van der Waals surface area contributed by atoms with Gasteiger partial charge in [-0.2, -0.15) is 0 Å². The Morgan fingerprint density at radius 2 is 1.95 bits per heavy atom. The van der Waals surface area contributed by atoms with Crippen molar-refractivity contribution in [1.29, 1.82) is 0 Å². The highest BCUT2D eigenvalue weighted by atomic mass is 16.2. The first-order valence-electron chi connectivity index (χ1n) is 8.33. The van der Waals surface area contributed by atoms with Crippen LogP contribution in [0.3, 0.4) is 0 Å². The van der Waals surface area contributed by atoms with Crippen molar-refractivity contribution in [2.24, 2.45) is 5.92 Å². The number of ketones is 1. The van der Waals surface area contributed by atoms with Crippen LogP contribution in [0.2, 0.25) is 0 Å². The molecule has 2 atom stereocenters. The Morgan fingerprint density at radius 1 is 1.14 bits per heavy atom. The lowest BCUT2D eigenvalue weighted by Gasteiger charge is -2.36. The standard InChI is InChI=1S/C19H21NO2/c21-17-9-10-19-16(8-4-5-11-20(17)19)13-15(18(19)22)12-14-6-2-1-3-7-14/h1-3,6-7,12,16H,4-5,8-11,13H2/b15-12+/t16-,19?/m0/s1. The largest absolute Gasteiger partial charge is 0.329 e.